The maximum Gasteiger partial charge on any atom is 0.234 e. The van der Waals surface area contributed by atoms with Crippen molar-refractivity contribution in [2.75, 3.05) is 11.1 Å². The number of pyridine rings is 1. The van der Waals surface area contributed by atoms with E-state index in [-0.39, 0.29) is 16.7 Å². The van der Waals surface area contributed by atoms with Crippen LogP contribution in [0, 0.1) is 12.7 Å². The van der Waals surface area contributed by atoms with E-state index in [9.17, 15) is 9.18 Å². The molecule has 0 saturated carbocycles. The fourth-order valence-corrected chi connectivity index (χ4v) is 3.12. The zero-order valence-corrected chi connectivity index (χ0v) is 15.3. The molecule has 3 rings (SSSR count). The average molecular weight is 389 g/mol. The number of carbonyl (C=O) groups excluding carboxylic acids is 1. The summed E-state index contributed by atoms with van der Waals surface area (Å²) in [5.41, 5.74) is 2.14. The summed E-state index contributed by atoms with van der Waals surface area (Å²) in [5, 5.41) is 3.33. The van der Waals surface area contributed by atoms with Gasteiger partial charge in [-0.1, -0.05) is 23.4 Å². The first-order valence-corrected chi connectivity index (χ1v) is 9.01. The molecule has 0 bridgehead atoms. The molecule has 1 amide bonds. The Morgan fingerprint density at radius 2 is 1.96 bits per heavy atom. The van der Waals surface area contributed by atoms with Gasteiger partial charge in [0.25, 0.3) is 0 Å². The van der Waals surface area contributed by atoms with Crippen LogP contribution in [0.25, 0.3) is 11.3 Å². The van der Waals surface area contributed by atoms with E-state index in [4.69, 9.17) is 11.6 Å². The highest BCUT2D eigenvalue weighted by Gasteiger charge is 2.09. The van der Waals surface area contributed by atoms with E-state index >= 15 is 0 Å². The number of aryl methyl sites for hydroxylation is 1. The van der Waals surface area contributed by atoms with Gasteiger partial charge in [0.1, 0.15) is 16.7 Å². The molecule has 0 aliphatic rings. The molecule has 0 unspecified atom stereocenters. The molecule has 0 aliphatic heterocycles. The van der Waals surface area contributed by atoms with Crippen molar-refractivity contribution in [1.29, 1.82) is 0 Å². The van der Waals surface area contributed by atoms with Crippen molar-refractivity contribution in [2.24, 2.45) is 0 Å². The van der Waals surface area contributed by atoms with Crippen molar-refractivity contribution in [2.45, 2.75) is 11.9 Å². The van der Waals surface area contributed by atoms with Crippen LogP contribution >= 0.6 is 23.4 Å². The highest BCUT2D eigenvalue weighted by atomic mass is 35.5. The number of benzene rings is 1. The fraction of sp³-hybridized carbons (Fsp3) is 0.111. The first-order chi connectivity index (χ1) is 12.5. The minimum Gasteiger partial charge on any atom is -0.325 e. The monoisotopic (exact) mass is 388 g/mol. The number of thioether (sulfide) groups is 1. The van der Waals surface area contributed by atoms with Crippen LogP contribution in [0.3, 0.4) is 0 Å². The van der Waals surface area contributed by atoms with E-state index < -0.39 is 5.82 Å². The lowest BCUT2D eigenvalue weighted by Gasteiger charge is -2.07. The fourth-order valence-electron chi connectivity index (χ4n) is 2.20. The molecular weight excluding hydrogens is 375 g/mol. The van der Waals surface area contributed by atoms with Crippen LogP contribution in [-0.4, -0.2) is 26.6 Å². The van der Waals surface area contributed by atoms with Crippen LogP contribution in [-0.2, 0) is 4.79 Å². The van der Waals surface area contributed by atoms with Crippen molar-refractivity contribution >= 4 is 35.0 Å². The third-order valence-electron chi connectivity index (χ3n) is 3.35. The van der Waals surface area contributed by atoms with Crippen molar-refractivity contribution in [1.82, 2.24) is 15.0 Å². The second kappa shape index (κ2) is 8.25. The minimum absolute atomic E-state index is 0.0381. The number of carbonyl (C=O) groups is 1. The topological polar surface area (TPSA) is 67.8 Å². The van der Waals surface area contributed by atoms with E-state index in [1.165, 1.54) is 30.0 Å². The molecule has 0 aliphatic carbocycles. The van der Waals surface area contributed by atoms with E-state index in [0.717, 1.165) is 11.3 Å². The molecule has 132 valence electrons. The normalized spacial score (nSPS) is 10.6. The lowest BCUT2D eigenvalue weighted by atomic mass is 10.2. The van der Waals surface area contributed by atoms with Gasteiger partial charge in [0.15, 0.2) is 0 Å². The van der Waals surface area contributed by atoms with Crippen molar-refractivity contribution in [3.05, 3.63) is 65.5 Å². The number of anilines is 1. The lowest BCUT2D eigenvalue weighted by Crippen LogP contribution is -2.14. The summed E-state index contributed by atoms with van der Waals surface area (Å²) in [4.78, 5) is 24.9. The molecular formula is C18H14ClFN4OS. The summed E-state index contributed by atoms with van der Waals surface area (Å²) in [6.07, 6.45) is 3.39. The van der Waals surface area contributed by atoms with Crippen molar-refractivity contribution in [3.63, 3.8) is 0 Å². The maximum absolute atomic E-state index is 13.2. The summed E-state index contributed by atoms with van der Waals surface area (Å²) >= 11 is 7.00. The number of amides is 1. The molecule has 0 saturated heterocycles. The highest BCUT2D eigenvalue weighted by Crippen LogP contribution is 2.23. The number of nitrogens with one attached hydrogen (secondary N) is 1. The number of hydrogen-bond acceptors (Lipinski definition) is 5. The number of halogens is 2. The van der Waals surface area contributed by atoms with Crippen LogP contribution in [0.1, 0.15) is 5.82 Å². The van der Waals surface area contributed by atoms with Crippen LogP contribution in [0.2, 0.25) is 5.02 Å². The molecule has 3 aromatic rings. The Morgan fingerprint density at radius 3 is 2.69 bits per heavy atom. The molecule has 0 spiro atoms. The minimum atomic E-state index is -0.529. The molecule has 5 nitrogen and oxygen atoms in total. The maximum atomic E-state index is 13.2. The average Bonchev–Trinajstić information content (AvgIpc) is 2.63. The Morgan fingerprint density at radius 1 is 1.19 bits per heavy atom. The Bertz CT molecular complexity index is 940. The van der Waals surface area contributed by atoms with Gasteiger partial charge in [-0.05, 0) is 43.3 Å². The molecule has 0 atom stereocenters. The van der Waals surface area contributed by atoms with Gasteiger partial charge in [0, 0.05) is 23.6 Å². The first-order valence-electron chi connectivity index (χ1n) is 7.65. The molecule has 0 radical (unpaired) electrons. The van der Waals surface area contributed by atoms with E-state index in [2.05, 4.69) is 20.3 Å². The quantitative estimate of drug-likeness (QED) is 0.519. The Kier molecular flexibility index (Phi) is 5.80. The number of hydrogen-bond donors (Lipinski definition) is 1. The number of aromatic nitrogens is 3. The predicted octanol–water partition coefficient (Wildman–Crippen LogP) is 4.37. The standard InChI is InChI=1S/C18H14ClFN4OS/c1-11-22-16(12-4-6-21-7-5-12)9-18(23-11)26-10-17(25)24-13-2-3-15(20)14(19)8-13/h2-9H,10H2,1H3,(H,24,25). The second-order valence-corrected chi connectivity index (χ2v) is 6.74. The number of nitrogens with zero attached hydrogens (tertiary/aromatic N) is 3. The van der Waals surface area contributed by atoms with Gasteiger partial charge in [0.2, 0.25) is 5.91 Å². The smallest absolute Gasteiger partial charge is 0.234 e. The summed E-state index contributed by atoms with van der Waals surface area (Å²) in [6, 6.07) is 9.59. The summed E-state index contributed by atoms with van der Waals surface area (Å²) in [6.45, 7) is 1.80. The SMILES string of the molecule is Cc1nc(SCC(=O)Nc2ccc(F)c(Cl)c2)cc(-c2ccncc2)n1. The predicted molar refractivity (Wildman–Crippen MR) is 101 cm³/mol. The lowest BCUT2D eigenvalue weighted by molar-refractivity contribution is -0.113. The van der Waals surface area contributed by atoms with Gasteiger partial charge in [-0.3, -0.25) is 9.78 Å². The Hall–Kier alpha value is -2.51. The highest BCUT2D eigenvalue weighted by molar-refractivity contribution is 7.99. The third-order valence-corrected chi connectivity index (χ3v) is 4.55. The van der Waals surface area contributed by atoms with Crippen LogP contribution in [0.15, 0.2) is 53.8 Å². The Labute approximate surface area is 159 Å². The summed E-state index contributed by atoms with van der Waals surface area (Å²) < 4.78 is 13.2. The van der Waals surface area contributed by atoms with E-state index in [0.29, 0.717) is 16.5 Å². The van der Waals surface area contributed by atoms with E-state index in [1.54, 1.807) is 19.3 Å². The molecule has 0 fully saturated rings. The summed E-state index contributed by atoms with van der Waals surface area (Å²) in [5.74, 6) is 0.00685. The van der Waals surface area contributed by atoms with Crippen molar-refractivity contribution in [3.8, 4) is 11.3 Å². The van der Waals surface area contributed by atoms with Gasteiger partial charge >= 0.3 is 0 Å². The third kappa shape index (κ3) is 4.77. The van der Waals surface area contributed by atoms with Crippen LogP contribution in [0.4, 0.5) is 10.1 Å². The van der Waals surface area contributed by atoms with Gasteiger partial charge < -0.3 is 5.32 Å². The molecule has 8 heteroatoms. The largest absolute Gasteiger partial charge is 0.325 e. The molecule has 2 heterocycles. The molecule has 26 heavy (non-hydrogen) atoms. The van der Waals surface area contributed by atoms with Gasteiger partial charge in [-0.2, -0.15) is 0 Å². The molecule has 2 aromatic heterocycles. The van der Waals surface area contributed by atoms with Gasteiger partial charge in [-0.15, -0.1) is 0 Å². The zero-order chi connectivity index (χ0) is 18.5. The van der Waals surface area contributed by atoms with Crippen LogP contribution in [0.5, 0.6) is 0 Å². The zero-order valence-electron chi connectivity index (χ0n) is 13.7. The van der Waals surface area contributed by atoms with Gasteiger partial charge in [0.05, 0.1) is 16.5 Å². The number of rotatable bonds is 5. The summed E-state index contributed by atoms with van der Waals surface area (Å²) in [7, 11) is 0. The second-order valence-electron chi connectivity index (χ2n) is 5.34. The van der Waals surface area contributed by atoms with Crippen LogP contribution < -0.4 is 5.32 Å². The molecule has 1 aromatic carbocycles. The first kappa shape index (κ1) is 18.3. The van der Waals surface area contributed by atoms with Crippen molar-refractivity contribution < 1.29 is 9.18 Å². The Balaban J connectivity index is 1.66. The van der Waals surface area contributed by atoms with Gasteiger partial charge in [-0.25, -0.2) is 14.4 Å². The molecule has 1 N–H and O–H groups in total. The van der Waals surface area contributed by atoms with E-state index in [1.807, 2.05) is 18.2 Å².